The van der Waals surface area contributed by atoms with Crippen LogP contribution in [0.2, 0.25) is 0 Å². The van der Waals surface area contributed by atoms with Crippen LogP contribution in [0.25, 0.3) is 10.2 Å². The molecule has 0 spiro atoms. The molecule has 3 N–H and O–H groups in total. The standard InChI is InChI=1S/C14H21N5OS/c1-4-6-16-14-18-12(17-8-11(20)15-5-2)10-7-9(3)21-13(10)19-14/h7H,4-6,8H2,1-3H3,(H,15,20)(H2,16,17,18,19). The van der Waals surface area contributed by atoms with E-state index in [4.69, 9.17) is 0 Å². The predicted octanol–water partition coefficient (Wildman–Crippen LogP) is 2.37. The number of nitrogens with one attached hydrogen (secondary N) is 3. The van der Waals surface area contributed by atoms with Gasteiger partial charge in [-0.25, -0.2) is 4.98 Å². The van der Waals surface area contributed by atoms with Crippen LogP contribution in [-0.2, 0) is 4.79 Å². The van der Waals surface area contributed by atoms with Crippen molar-refractivity contribution in [2.75, 3.05) is 30.3 Å². The molecule has 2 rings (SSSR count). The molecule has 0 atom stereocenters. The number of likely N-dealkylation sites (N-methyl/N-ethyl adjacent to an activating group) is 1. The molecule has 21 heavy (non-hydrogen) atoms. The van der Waals surface area contributed by atoms with Gasteiger partial charge in [-0.2, -0.15) is 4.98 Å². The first-order valence-corrected chi connectivity index (χ1v) is 7.98. The topological polar surface area (TPSA) is 78.9 Å². The lowest BCUT2D eigenvalue weighted by atomic mass is 10.3. The van der Waals surface area contributed by atoms with E-state index in [9.17, 15) is 4.79 Å². The Morgan fingerprint density at radius 1 is 1.29 bits per heavy atom. The van der Waals surface area contributed by atoms with Crippen molar-refractivity contribution in [3.8, 4) is 0 Å². The Labute approximate surface area is 128 Å². The highest BCUT2D eigenvalue weighted by atomic mass is 32.1. The molecule has 0 unspecified atom stereocenters. The maximum atomic E-state index is 11.6. The summed E-state index contributed by atoms with van der Waals surface area (Å²) in [7, 11) is 0. The molecule has 2 aromatic heterocycles. The average Bonchev–Trinajstić information content (AvgIpc) is 2.83. The summed E-state index contributed by atoms with van der Waals surface area (Å²) in [6.07, 6.45) is 1.01. The van der Waals surface area contributed by atoms with Gasteiger partial charge in [0.15, 0.2) is 0 Å². The van der Waals surface area contributed by atoms with Gasteiger partial charge in [0.05, 0.1) is 11.9 Å². The third-order valence-electron chi connectivity index (χ3n) is 2.84. The molecule has 114 valence electrons. The number of carbonyl (C=O) groups is 1. The lowest BCUT2D eigenvalue weighted by molar-refractivity contribution is -0.119. The van der Waals surface area contributed by atoms with E-state index in [1.165, 1.54) is 4.88 Å². The van der Waals surface area contributed by atoms with E-state index in [2.05, 4.69) is 32.8 Å². The van der Waals surface area contributed by atoms with E-state index in [1.54, 1.807) is 11.3 Å². The number of rotatable bonds is 7. The van der Waals surface area contributed by atoms with Crippen molar-refractivity contribution < 1.29 is 4.79 Å². The Bertz CT molecular complexity index is 625. The van der Waals surface area contributed by atoms with Crippen molar-refractivity contribution in [2.45, 2.75) is 27.2 Å². The predicted molar refractivity (Wildman–Crippen MR) is 88.1 cm³/mol. The number of fused-ring (bicyclic) bond motifs is 1. The summed E-state index contributed by atoms with van der Waals surface area (Å²) in [5, 5.41) is 10.0. The number of hydrogen-bond donors (Lipinski definition) is 3. The van der Waals surface area contributed by atoms with Crippen LogP contribution in [0.15, 0.2) is 6.07 Å². The Kier molecular flexibility index (Phi) is 5.32. The third-order valence-corrected chi connectivity index (χ3v) is 3.78. The monoisotopic (exact) mass is 307 g/mol. The molecule has 7 heteroatoms. The zero-order valence-electron chi connectivity index (χ0n) is 12.6. The van der Waals surface area contributed by atoms with E-state index in [1.807, 2.05) is 19.9 Å². The molecule has 0 aliphatic carbocycles. The van der Waals surface area contributed by atoms with E-state index in [0.717, 1.165) is 23.2 Å². The fraction of sp³-hybridized carbons (Fsp3) is 0.500. The zero-order chi connectivity index (χ0) is 15.2. The molecular weight excluding hydrogens is 286 g/mol. The van der Waals surface area contributed by atoms with Gasteiger partial charge < -0.3 is 16.0 Å². The summed E-state index contributed by atoms with van der Waals surface area (Å²) in [4.78, 5) is 22.7. The van der Waals surface area contributed by atoms with Gasteiger partial charge in [-0.05, 0) is 26.3 Å². The quantitative estimate of drug-likeness (QED) is 0.732. The minimum Gasteiger partial charge on any atom is -0.360 e. The molecule has 2 aromatic rings. The summed E-state index contributed by atoms with van der Waals surface area (Å²) in [6.45, 7) is 7.69. The fourth-order valence-corrected chi connectivity index (χ4v) is 2.80. The molecule has 0 aromatic carbocycles. The lowest BCUT2D eigenvalue weighted by Crippen LogP contribution is -2.29. The minimum absolute atomic E-state index is 0.0423. The van der Waals surface area contributed by atoms with E-state index in [0.29, 0.717) is 18.3 Å². The van der Waals surface area contributed by atoms with Gasteiger partial charge in [0.25, 0.3) is 0 Å². The van der Waals surface area contributed by atoms with Gasteiger partial charge in [0.1, 0.15) is 10.6 Å². The summed E-state index contributed by atoms with van der Waals surface area (Å²) in [6, 6.07) is 2.05. The number of carbonyl (C=O) groups excluding carboxylic acids is 1. The Balaban J connectivity index is 2.23. The highest BCUT2D eigenvalue weighted by Gasteiger charge is 2.11. The van der Waals surface area contributed by atoms with Crippen LogP contribution < -0.4 is 16.0 Å². The van der Waals surface area contributed by atoms with Gasteiger partial charge in [-0.3, -0.25) is 4.79 Å². The first-order chi connectivity index (χ1) is 10.1. The number of nitrogens with zero attached hydrogens (tertiary/aromatic N) is 2. The number of amides is 1. The van der Waals surface area contributed by atoms with E-state index >= 15 is 0 Å². The number of thiophene rings is 1. The highest BCUT2D eigenvalue weighted by Crippen LogP contribution is 2.29. The largest absolute Gasteiger partial charge is 0.360 e. The SMILES string of the molecule is CCCNc1nc(NCC(=O)NCC)c2cc(C)sc2n1. The zero-order valence-corrected chi connectivity index (χ0v) is 13.4. The van der Waals surface area contributed by atoms with Crippen molar-refractivity contribution in [3.63, 3.8) is 0 Å². The second-order valence-electron chi connectivity index (χ2n) is 4.71. The summed E-state index contributed by atoms with van der Waals surface area (Å²) in [5.41, 5.74) is 0. The van der Waals surface area contributed by atoms with Gasteiger partial charge in [0, 0.05) is 18.0 Å². The molecule has 0 bridgehead atoms. The molecule has 0 saturated heterocycles. The Morgan fingerprint density at radius 2 is 2.10 bits per heavy atom. The normalized spacial score (nSPS) is 10.6. The molecule has 6 nitrogen and oxygen atoms in total. The molecule has 2 heterocycles. The molecule has 0 radical (unpaired) electrons. The van der Waals surface area contributed by atoms with Crippen LogP contribution in [0.1, 0.15) is 25.1 Å². The van der Waals surface area contributed by atoms with Crippen LogP contribution in [0, 0.1) is 6.92 Å². The van der Waals surface area contributed by atoms with Gasteiger partial charge >= 0.3 is 0 Å². The molecular formula is C14H21N5OS. The molecule has 1 amide bonds. The van der Waals surface area contributed by atoms with Crippen molar-refractivity contribution in [2.24, 2.45) is 0 Å². The number of aryl methyl sites for hydroxylation is 1. The Hall–Kier alpha value is -1.89. The molecule has 0 fully saturated rings. The third kappa shape index (κ3) is 4.04. The maximum absolute atomic E-state index is 11.6. The number of anilines is 2. The number of aromatic nitrogens is 2. The number of hydrogen-bond acceptors (Lipinski definition) is 6. The van der Waals surface area contributed by atoms with Crippen molar-refractivity contribution in [3.05, 3.63) is 10.9 Å². The first-order valence-electron chi connectivity index (χ1n) is 7.16. The van der Waals surface area contributed by atoms with Gasteiger partial charge in [-0.15, -0.1) is 11.3 Å². The van der Waals surface area contributed by atoms with Crippen molar-refractivity contribution in [1.29, 1.82) is 0 Å². The van der Waals surface area contributed by atoms with E-state index in [-0.39, 0.29) is 12.5 Å². The van der Waals surface area contributed by atoms with E-state index < -0.39 is 0 Å². The second kappa shape index (κ2) is 7.21. The van der Waals surface area contributed by atoms with Crippen molar-refractivity contribution >= 4 is 39.2 Å². The first kappa shape index (κ1) is 15.5. The van der Waals surface area contributed by atoms with Gasteiger partial charge in [0.2, 0.25) is 11.9 Å². The summed E-state index contributed by atoms with van der Waals surface area (Å²) in [5.74, 6) is 1.26. The van der Waals surface area contributed by atoms with Crippen LogP contribution in [0.3, 0.4) is 0 Å². The fourth-order valence-electron chi connectivity index (χ4n) is 1.92. The maximum Gasteiger partial charge on any atom is 0.239 e. The highest BCUT2D eigenvalue weighted by molar-refractivity contribution is 7.18. The molecule has 0 aliphatic rings. The molecule has 0 saturated carbocycles. The van der Waals surface area contributed by atoms with Crippen LogP contribution >= 0.6 is 11.3 Å². The van der Waals surface area contributed by atoms with Crippen LogP contribution in [-0.4, -0.2) is 35.5 Å². The van der Waals surface area contributed by atoms with Gasteiger partial charge in [-0.1, -0.05) is 6.92 Å². The van der Waals surface area contributed by atoms with Crippen LogP contribution in [0.5, 0.6) is 0 Å². The summed E-state index contributed by atoms with van der Waals surface area (Å²) < 4.78 is 0. The summed E-state index contributed by atoms with van der Waals surface area (Å²) >= 11 is 1.63. The Morgan fingerprint density at radius 3 is 2.81 bits per heavy atom. The lowest BCUT2D eigenvalue weighted by Gasteiger charge is -2.09. The van der Waals surface area contributed by atoms with Crippen LogP contribution in [0.4, 0.5) is 11.8 Å². The average molecular weight is 307 g/mol. The molecule has 0 aliphatic heterocycles. The smallest absolute Gasteiger partial charge is 0.239 e. The second-order valence-corrected chi connectivity index (χ2v) is 5.94. The van der Waals surface area contributed by atoms with Crippen molar-refractivity contribution in [1.82, 2.24) is 15.3 Å². The minimum atomic E-state index is -0.0423.